The largest absolute Gasteiger partial charge is 0.398 e. The Hall–Kier alpha value is -0.730. The lowest BCUT2D eigenvalue weighted by molar-refractivity contribution is 1.40. The van der Waals surface area contributed by atoms with Crippen LogP contribution in [0, 0.1) is 6.92 Å². The fourth-order valence-corrected chi connectivity index (χ4v) is 2.78. The molecule has 0 saturated heterocycles. The predicted molar refractivity (Wildman–Crippen MR) is 60.5 cm³/mol. The number of aryl methyl sites for hydroxylation is 1. The van der Waals surface area contributed by atoms with Gasteiger partial charge in [-0.05, 0) is 35.4 Å². The molecule has 2 rings (SSSR count). The fourth-order valence-electron chi connectivity index (χ4n) is 1.48. The van der Waals surface area contributed by atoms with Crippen LogP contribution in [0.2, 0.25) is 0 Å². The average Bonchev–Trinajstić information content (AvgIpc) is 2.54. The Labute approximate surface area is 86.1 Å². The van der Waals surface area contributed by atoms with Crippen molar-refractivity contribution in [1.29, 1.82) is 0 Å². The van der Waals surface area contributed by atoms with E-state index in [1.165, 1.54) is 10.1 Å². The van der Waals surface area contributed by atoms with Gasteiger partial charge in [0.15, 0.2) is 0 Å². The summed E-state index contributed by atoms with van der Waals surface area (Å²) in [6.07, 6.45) is 0. The lowest BCUT2D eigenvalue weighted by atomic mass is 10.1. The Morgan fingerprint density at radius 2 is 2.31 bits per heavy atom. The monoisotopic (exact) mass is 211 g/mol. The van der Waals surface area contributed by atoms with Crippen molar-refractivity contribution < 1.29 is 0 Å². The molecule has 1 aromatic heterocycles. The number of hydrogen-bond acceptors (Lipinski definition) is 2. The Bertz CT molecular complexity index is 447. The summed E-state index contributed by atoms with van der Waals surface area (Å²) >= 11 is 7.56. The second-order valence-corrected chi connectivity index (χ2v) is 4.24. The highest BCUT2D eigenvalue weighted by atomic mass is 35.5. The number of nitrogen functional groups attached to an aromatic ring is 1. The summed E-state index contributed by atoms with van der Waals surface area (Å²) in [7, 11) is 0. The number of anilines is 1. The van der Waals surface area contributed by atoms with Gasteiger partial charge < -0.3 is 5.73 Å². The van der Waals surface area contributed by atoms with Crippen molar-refractivity contribution in [3.8, 4) is 0 Å². The van der Waals surface area contributed by atoms with Gasteiger partial charge in [0, 0.05) is 16.0 Å². The van der Waals surface area contributed by atoms with Crippen LogP contribution in [0.15, 0.2) is 17.5 Å². The third kappa shape index (κ3) is 1.30. The van der Waals surface area contributed by atoms with Gasteiger partial charge in [-0.3, -0.25) is 0 Å². The van der Waals surface area contributed by atoms with Gasteiger partial charge in [0.05, 0.1) is 5.88 Å². The molecular formula is C10H10ClNS. The summed E-state index contributed by atoms with van der Waals surface area (Å²) in [6.45, 7) is 2.02. The number of halogens is 1. The van der Waals surface area contributed by atoms with Crippen molar-refractivity contribution in [2.24, 2.45) is 0 Å². The molecule has 1 aromatic carbocycles. The lowest BCUT2D eigenvalue weighted by Gasteiger charge is -2.06. The molecule has 0 unspecified atom stereocenters. The average molecular weight is 212 g/mol. The van der Waals surface area contributed by atoms with Gasteiger partial charge in [0.1, 0.15) is 0 Å². The van der Waals surface area contributed by atoms with E-state index in [4.69, 9.17) is 17.3 Å². The molecule has 0 aliphatic rings. The minimum Gasteiger partial charge on any atom is -0.398 e. The summed E-state index contributed by atoms with van der Waals surface area (Å²) < 4.78 is 1.22. The van der Waals surface area contributed by atoms with Crippen LogP contribution in [-0.4, -0.2) is 0 Å². The molecule has 0 radical (unpaired) electrons. The third-order valence-corrected chi connectivity index (χ3v) is 3.48. The summed E-state index contributed by atoms with van der Waals surface area (Å²) in [4.78, 5) is 0. The molecule has 2 N–H and O–H groups in total. The van der Waals surface area contributed by atoms with Gasteiger partial charge in [-0.15, -0.1) is 22.9 Å². The van der Waals surface area contributed by atoms with Gasteiger partial charge >= 0.3 is 0 Å². The standard InChI is InChI=1S/C10H10ClNS/c1-6-4-7-2-3-13-10(7)8(5-11)9(6)12/h2-4H,5,12H2,1H3. The number of nitrogens with two attached hydrogens (primary N) is 1. The highest BCUT2D eigenvalue weighted by Gasteiger charge is 2.08. The Morgan fingerprint density at radius 3 is 3.00 bits per heavy atom. The van der Waals surface area contributed by atoms with Crippen molar-refractivity contribution in [1.82, 2.24) is 0 Å². The number of benzene rings is 1. The molecule has 0 amide bonds. The molecule has 3 heteroatoms. The topological polar surface area (TPSA) is 26.0 Å². The number of thiophene rings is 1. The van der Waals surface area contributed by atoms with Crippen molar-refractivity contribution in [3.63, 3.8) is 0 Å². The van der Waals surface area contributed by atoms with Crippen LogP contribution in [-0.2, 0) is 5.88 Å². The van der Waals surface area contributed by atoms with Gasteiger partial charge in [-0.2, -0.15) is 0 Å². The molecule has 0 aliphatic heterocycles. The maximum absolute atomic E-state index is 5.94. The number of alkyl halides is 1. The first-order valence-electron chi connectivity index (χ1n) is 4.05. The van der Waals surface area contributed by atoms with E-state index < -0.39 is 0 Å². The summed E-state index contributed by atoms with van der Waals surface area (Å²) in [5.74, 6) is 0.491. The second-order valence-electron chi connectivity index (χ2n) is 3.06. The molecule has 1 nitrogen and oxygen atoms in total. The minimum absolute atomic E-state index is 0.491. The highest BCUT2D eigenvalue weighted by Crippen LogP contribution is 2.32. The van der Waals surface area contributed by atoms with Gasteiger partial charge in [0.25, 0.3) is 0 Å². The molecule has 68 valence electrons. The van der Waals surface area contributed by atoms with E-state index in [2.05, 4.69) is 17.5 Å². The Morgan fingerprint density at radius 1 is 1.54 bits per heavy atom. The zero-order valence-corrected chi connectivity index (χ0v) is 8.88. The Balaban J connectivity index is 2.87. The summed E-state index contributed by atoms with van der Waals surface area (Å²) in [6, 6.07) is 4.21. The molecule has 0 bridgehead atoms. The first kappa shape index (κ1) is 8.85. The first-order valence-corrected chi connectivity index (χ1v) is 5.46. The molecule has 13 heavy (non-hydrogen) atoms. The van der Waals surface area contributed by atoms with Crippen LogP contribution in [0.3, 0.4) is 0 Å². The molecule has 0 aliphatic carbocycles. The van der Waals surface area contributed by atoms with E-state index in [0.717, 1.165) is 16.8 Å². The van der Waals surface area contributed by atoms with Crippen LogP contribution >= 0.6 is 22.9 Å². The Kier molecular flexibility index (Phi) is 2.18. The highest BCUT2D eigenvalue weighted by molar-refractivity contribution is 7.17. The zero-order valence-electron chi connectivity index (χ0n) is 7.30. The van der Waals surface area contributed by atoms with E-state index in [1.54, 1.807) is 11.3 Å². The van der Waals surface area contributed by atoms with Crippen LogP contribution in [0.25, 0.3) is 10.1 Å². The minimum atomic E-state index is 0.491. The molecule has 0 saturated carbocycles. The molecule has 1 heterocycles. The SMILES string of the molecule is Cc1cc2ccsc2c(CCl)c1N. The number of rotatable bonds is 1. The van der Waals surface area contributed by atoms with Crippen molar-refractivity contribution in [2.75, 3.05) is 5.73 Å². The van der Waals surface area contributed by atoms with Crippen LogP contribution in [0.4, 0.5) is 5.69 Å². The fraction of sp³-hybridized carbons (Fsp3) is 0.200. The summed E-state index contributed by atoms with van der Waals surface area (Å²) in [5, 5.41) is 3.31. The number of hydrogen-bond donors (Lipinski definition) is 1. The predicted octanol–water partition coefficient (Wildman–Crippen LogP) is 3.53. The van der Waals surface area contributed by atoms with Crippen molar-refractivity contribution in [3.05, 3.63) is 28.6 Å². The molecule has 0 fully saturated rings. The second kappa shape index (κ2) is 3.20. The van der Waals surface area contributed by atoms with Crippen LogP contribution in [0.1, 0.15) is 11.1 Å². The zero-order chi connectivity index (χ0) is 9.42. The van der Waals surface area contributed by atoms with Crippen LogP contribution in [0.5, 0.6) is 0 Å². The van der Waals surface area contributed by atoms with Crippen LogP contribution < -0.4 is 5.73 Å². The lowest BCUT2D eigenvalue weighted by Crippen LogP contribution is -1.95. The summed E-state index contributed by atoms with van der Waals surface area (Å²) in [5.41, 5.74) is 8.97. The maximum atomic E-state index is 5.94. The van der Waals surface area contributed by atoms with Crippen molar-refractivity contribution >= 4 is 38.7 Å². The maximum Gasteiger partial charge on any atom is 0.0508 e. The van der Waals surface area contributed by atoms with Gasteiger partial charge in [0.2, 0.25) is 0 Å². The van der Waals surface area contributed by atoms with Gasteiger partial charge in [-0.25, -0.2) is 0 Å². The quantitative estimate of drug-likeness (QED) is 0.567. The first-order chi connectivity index (χ1) is 6.24. The van der Waals surface area contributed by atoms with E-state index in [-0.39, 0.29) is 0 Å². The van der Waals surface area contributed by atoms with E-state index in [1.807, 2.05) is 6.92 Å². The van der Waals surface area contributed by atoms with Gasteiger partial charge in [-0.1, -0.05) is 0 Å². The third-order valence-electron chi connectivity index (χ3n) is 2.23. The molecular weight excluding hydrogens is 202 g/mol. The molecule has 0 atom stereocenters. The molecule has 0 spiro atoms. The normalized spacial score (nSPS) is 10.9. The molecule has 2 aromatic rings. The van der Waals surface area contributed by atoms with E-state index in [0.29, 0.717) is 5.88 Å². The van der Waals surface area contributed by atoms with E-state index >= 15 is 0 Å². The van der Waals surface area contributed by atoms with Crippen molar-refractivity contribution in [2.45, 2.75) is 12.8 Å². The van der Waals surface area contributed by atoms with E-state index in [9.17, 15) is 0 Å². The number of fused-ring (bicyclic) bond motifs is 1. The smallest absolute Gasteiger partial charge is 0.0508 e.